The van der Waals surface area contributed by atoms with Gasteiger partial charge in [0.2, 0.25) is 0 Å². The molecule has 1 aliphatic rings. The molecule has 1 aromatic heterocycles. The first kappa shape index (κ1) is 13.9. The Balaban J connectivity index is 2.14. The first-order chi connectivity index (χ1) is 10.2. The number of anilines is 1. The van der Waals surface area contributed by atoms with Gasteiger partial charge in [0.15, 0.2) is 0 Å². The highest BCUT2D eigenvalue weighted by atomic mass is 16.4. The van der Waals surface area contributed by atoms with E-state index in [2.05, 4.69) is 4.98 Å². The molecule has 4 heteroatoms. The lowest BCUT2D eigenvalue weighted by atomic mass is 9.90. The van der Waals surface area contributed by atoms with Gasteiger partial charge in [-0.25, -0.2) is 9.78 Å². The molecule has 1 aliphatic heterocycles. The lowest BCUT2D eigenvalue weighted by Gasteiger charge is -2.36. The molecule has 1 unspecified atom stereocenters. The Bertz CT molecular complexity index is 665. The standard InChI is InChI=1S/C17H20N2O2/c1-2-9-17(16(20)21)10-5-12-19(17)15-14-7-4-3-6-13(14)8-11-18-15/h3-4,6-8,11H,2,5,9-10,12H2,1H3,(H,20,21). The number of carboxylic acids is 1. The van der Waals surface area contributed by atoms with Crippen LogP contribution < -0.4 is 4.90 Å². The van der Waals surface area contributed by atoms with E-state index in [1.54, 1.807) is 6.20 Å². The van der Waals surface area contributed by atoms with Crippen LogP contribution in [0, 0.1) is 0 Å². The van der Waals surface area contributed by atoms with Crippen molar-refractivity contribution in [1.29, 1.82) is 0 Å². The minimum absolute atomic E-state index is 0.660. The van der Waals surface area contributed by atoms with Crippen molar-refractivity contribution in [3.8, 4) is 0 Å². The molecular weight excluding hydrogens is 264 g/mol. The smallest absolute Gasteiger partial charge is 0.329 e. The third-order valence-electron chi connectivity index (χ3n) is 4.46. The second-order valence-corrected chi connectivity index (χ2v) is 5.70. The Hall–Kier alpha value is -2.10. The van der Waals surface area contributed by atoms with Gasteiger partial charge in [-0.1, -0.05) is 37.6 Å². The number of carboxylic acid groups (broad SMARTS) is 1. The summed E-state index contributed by atoms with van der Waals surface area (Å²) in [5.74, 6) is 0.0815. The average Bonchev–Trinajstić information content (AvgIpc) is 2.92. The van der Waals surface area contributed by atoms with Crippen LogP contribution in [0.3, 0.4) is 0 Å². The minimum atomic E-state index is -0.800. The number of hydrogen-bond donors (Lipinski definition) is 1. The van der Waals surface area contributed by atoms with Crippen molar-refractivity contribution < 1.29 is 9.90 Å². The van der Waals surface area contributed by atoms with Crippen LogP contribution in [0.2, 0.25) is 0 Å². The number of rotatable bonds is 4. The number of fused-ring (bicyclic) bond motifs is 1. The predicted octanol–water partition coefficient (Wildman–Crippen LogP) is 3.46. The summed E-state index contributed by atoms with van der Waals surface area (Å²) in [4.78, 5) is 18.5. The van der Waals surface area contributed by atoms with Crippen LogP contribution in [-0.2, 0) is 4.79 Å². The first-order valence-electron chi connectivity index (χ1n) is 7.54. The van der Waals surface area contributed by atoms with Crippen LogP contribution >= 0.6 is 0 Å². The lowest BCUT2D eigenvalue weighted by molar-refractivity contribution is -0.143. The van der Waals surface area contributed by atoms with Crippen molar-refractivity contribution in [2.45, 2.75) is 38.1 Å². The third-order valence-corrected chi connectivity index (χ3v) is 4.46. The molecule has 4 nitrogen and oxygen atoms in total. The van der Waals surface area contributed by atoms with Crippen molar-refractivity contribution in [2.75, 3.05) is 11.4 Å². The number of pyridine rings is 1. The number of benzene rings is 1. The zero-order chi connectivity index (χ0) is 14.9. The van der Waals surface area contributed by atoms with E-state index in [9.17, 15) is 9.90 Å². The van der Waals surface area contributed by atoms with Crippen LogP contribution in [0.4, 0.5) is 5.82 Å². The highest BCUT2D eigenvalue weighted by Gasteiger charge is 2.47. The van der Waals surface area contributed by atoms with Crippen molar-refractivity contribution >= 4 is 22.6 Å². The van der Waals surface area contributed by atoms with Gasteiger partial charge in [0.1, 0.15) is 11.4 Å². The molecule has 0 amide bonds. The molecule has 0 saturated carbocycles. The number of hydrogen-bond acceptors (Lipinski definition) is 3. The first-order valence-corrected chi connectivity index (χ1v) is 7.54. The van der Waals surface area contributed by atoms with E-state index in [4.69, 9.17) is 0 Å². The fourth-order valence-corrected chi connectivity index (χ4v) is 3.51. The molecule has 3 rings (SSSR count). The number of aliphatic carboxylic acids is 1. The number of nitrogens with zero attached hydrogens (tertiary/aromatic N) is 2. The molecule has 0 spiro atoms. The fraction of sp³-hybridized carbons (Fsp3) is 0.412. The normalized spacial score (nSPS) is 21.9. The second-order valence-electron chi connectivity index (χ2n) is 5.70. The molecule has 0 bridgehead atoms. The molecule has 2 heterocycles. The highest BCUT2D eigenvalue weighted by molar-refractivity contribution is 5.95. The molecule has 110 valence electrons. The van der Waals surface area contributed by atoms with Gasteiger partial charge in [0.25, 0.3) is 0 Å². The van der Waals surface area contributed by atoms with Crippen LogP contribution in [0.1, 0.15) is 32.6 Å². The zero-order valence-electron chi connectivity index (χ0n) is 12.2. The van der Waals surface area contributed by atoms with Gasteiger partial charge < -0.3 is 10.0 Å². The molecule has 0 aliphatic carbocycles. The van der Waals surface area contributed by atoms with Crippen molar-refractivity contribution in [1.82, 2.24) is 4.98 Å². The molecular formula is C17H20N2O2. The molecule has 21 heavy (non-hydrogen) atoms. The summed E-state index contributed by atoms with van der Waals surface area (Å²) in [6.07, 6.45) is 4.88. The van der Waals surface area contributed by atoms with Crippen molar-refractivity contribution in [3.63, 3.8) is 0 Å². The summed E-state index contributed by atoms with van der Waals surface area (Å²) >= 11 is 0. The topological polar surface area (TPSA) is 53.4 Å². The average molecular weight is 284 g/mol. The van der Waals surface area contributed by atoms with Crippen LogP contribution in [0.5, 0.6) is 0 Å². The summed E-state index contributed by atoms with van der Waals surface area (Å²) < 4.78 is 0. The SMILES string of the molecule is CCCC1(C(=O)O)CCCN1c1nccc2ccccc12. The molecule has 1 atom stereocenters. The van der Waals surface area contributed by atoms with E-state index in [-0.39, 0.29) is 0 Å². The van der Waals surface area contributed by atoms with E-state index < -0.39 is 11.5 Å². The maximum Gasteiger partial charge on any atom is 0.329 e. The van der Waals surface area contributed by atoms with Gasteiger partial charge in [0, 0.05) is 18.1 Å². The predicted molar refractivity (Wildman–Crippen MR) is 83.6 cm³/mol. The molecule has 1 N–H and O–H groups in total. The summed E-state index contributed by atoms with van der Waals surface area (Å²) in [6, 6.07) is 10.0. The van der Waals surface area contributed by atoms with E-state index in [1.807, 2.05) is 42.2 Å². The Morgan fingerprint density at radius 2 is 2.19 bits per heavy atom. The summed E-state index contributed by atoms with van der Waals surface area (Å²) in [6.45, 7) is 2.80. The molecule has 1 aromatic carbocycles. The van der Waals surface area contributed by atoms with Crippen molar-refractivity contribution in [2.24, 2.45) is 0 Å². The fourth-order valence-electron chi connectivity index (χ4n) is 3.51. The second kappa shape index (κ2) is 5.35. The van der Waals surface area contributed by atoms with E-state index in [0.717, 1.165) is 36.0 Å². The Labute approximate surface area is 124 Å². The summed E-state index contributed by atoms with van der Waals surface area (Å²) in [5, 5.41) is 12.0. The molecule has 2 aromatic rings. The Morgan fingerprint density at radius 1 is 1.38 bits per heavy atom. The maximum absolute atomic E-state index is 12.0. The lowest BCUT2D eigenvalue weighted by Crippen LogP contribution is -2.51. The summed E-state index contributed by atoms with van der Waals surface area (Å²) in [7, 11) is 0. The largest absolute Gasteiger partial charge is 0.479 e. The molecule has 1 fully saturated rings. The van der Waals surface area contributed by atoms with Crippen LogP contribution in [-0.4, -0.2) is 28.1 Å². The van der Waals surface area contributed by atoms with E-state index in [1.165, 1.54) is 0 Å². The highest BCUT2D eigenvalue weighted by Crippen LogP contribution is 2.39. The van der Waals surface area contributed by atoms with Gasteiger partial charge in [-0.3, -0.25) is 0 Å². The molecule has 0 radical (unpaired) electrons. The van der Waals surface area contributed by atoms with E-state index in [0.29, 0.717) is 12.8 Å². The quantitative estimate of drug-likeness (QED) is 0.934. The van der Waals surface area contributed by atoms with Gasteiger partial charge in [-0.05, 0) is 30.7 Å². The van der Waals surface area contributed by atoms with Gasteiger partial charge in [-0.15, -0.1) is 0 Å². The van der Waals surface area contributed by atoms with Crippen molar-refractivity contribution in [3.05, 3.63) is 36.5 Å². The van der Waals surface area contributed by atoms with E-state index >= 15 is 0 Å². The van der Waals surface area contributed by atoms with Gasteiger partial charge in [-0.2, -0.15) is 0 Å². The van der Waals surface area contributed by atoms with Crippen LogP contribution in [0.15, 0.2) is 36.5 Å². The van der Waals surface area contributed by atoms with Gasteiger partial charge >= 0.3 is 5.97 Å². The number of aromatic nitrogens is 1. The Morgan fingerprint density at radius 3 is 2.95 bits per heavy atom. The maximum atomic E-state index is 12.0. The van der Waals surface area contributed by atoms with Gasteiger partial charge in [0.05, 0.1) is 0 Å². The third kappa shape index (κ3) is 2.15. The summed E-state index contributed by atoms with van der Waals surface area (Å²) in [5.41, 5.74) is -0.800. The number of carbonyl (C=O) groups is 1. The molecule has 1 saturated heterocycles. The Kier molecular flexibility index (Phi) is 3.53. The zero-order valence-corrected chi connectivity index (χ0v) is 12.2. The monoisotopic (exact) mass is 284 g/mol. The van der Waals surface area contributed by atoms with Crippen LogP contribution in [0.25, 0.3) is 10.8 Å². The minimum Gasteiger partial charge on any atom is -0.479 e.